The van der Waals surface area contributed by atoms with Gasteiger partial charge in [0, 0.05) is 13.6 Å². The molecule has 0 spiro atoms. The molecule has 0 unspecified atom stereocenters. The van der Waals surface area contributed by atoms with Crippen molar-refractivity contribution in [3.05, 3.63) is 10.1 Å². The van der Waals surface area contributed by atoms with Crippen LogP contribution in [-0.4, -0.2) is 24.6 Å². The van der Waals surface area contributed by atoms with Crippen LogP contribution in [0.5, 0.6) is 0 Å². The van der Waals surface area contributed by atoms with Gasteiger partial charge < -0.3 is 10.6 Å². The molecule has 0 aliphatic rings. The molecule has 0 aliphatic carbocycles. The molecule has 0 aliphatic heterocycles. The minimum Gasteiger partial charge on any atom is -0.354 e. The summed E-state index contributed by atoms with van der Waals surface area (Å²) in [5.41, 5.74) is 0. The van der Waals surface area contributed by atoms with Gasteiger partial charge in [-0.3, -0.25) is 0 Å². The third kappa shape index (κ3) is 4.99. The smallest absolute Gasteiger partial charge is 0.268 e. The van der Waals surface area contributed by atoms with E-state index < -0.39 is 5.03 Å². The Kier molecular flexibility index (Phi) is 5.00. The molecular formula is C5H9N5O2. The Bertz CT molecular complexity index is 218. The zero-order valence-corrected chi connectivity index (χ0v) is 6.57. The van der Waals surface area contributed by atoms with Crippen LogP contribution in [0.1, 0.15) is 6.42 Å². The molecule has 0 fully saturated rings. The molecule has 0 bridgehead atoms. The Morgan fingerprint density at radius 2 is 2.50 bits per heavy atom. The molecule has 7 heteroatoms. The van der Waals surface area contributed by atoms with Gasteiger partial charge in [-0.2, -0.15) is 5.26 Å². The zero-order chi connectivity index (χ0) is 9.40. The average Bonchev–Trinajstić information content (AvgIpc) is 2.02. The lowest BCUT2D eigenvalue weighted by molar-refractivity contribution is -0.485. The van der Waals surface area contributed by atoms with E-state index in [0.717, 1.165) is 0 Å². The van der Waals surface area contributed by atoms with Gasteiger partial charge in [-0.15, -0.1) is 0 Å². The standard InChI is InChI=1S/C5H9N5O2/c1-7-5(9-10(11)12)8-4-2-3-6/h2,4H2,1H3,(H2,7,8,9). The minimum atomic E-state index is -0.814. The summed E-state index contributed by atoms with van der Waals surface area (Å²) in [6, 6.07) is 1.89. The van der Waals surface area contributed by atoms with E-state index in [-0.39, 0.29) is 12.4 Å². The highest BCUT2D eigenvalue weighted by Gasteiger charge is 1.99. The van der Waals surface area contributed by atoms with E-state index in [0.29, 0.717) is 6.54 Å². The summed E-state index contributed by atoms with van der Waals surface area (Å²) in [4.78, 5) is 9.87. The summed E-state index contributed by atoms with van der Waals surface area (Å²) < 4.78 is 0. The van der Waals surface area contributed by atoms with E-state index in [1.165, 1.54) is 7.05 Å². The number of nitrogens with zero attached hydrogens (tertiary/aromatic N) is 3. The van der Waals surface area contributed by atoms with Gasteiger partial charge >= 0.3 is 0 Å². The molecule has 0 amide bonds. The Morgan fingerprint density at radius 1 is 1.83 bits per heavy atom. The van der Waals surface area contributed by atoms with Crippen molar-refractivity contribution in [3.8, 4) is 6.07 Å². The van der Waals surface area contributed by atoms with Gasteiger partial charge in [-0.25, -0.2) is 10.1 Å². The average molecular weight is 171 g/mol. The number of rotatable bonds is 3. The molecule has 66 valence electrons. The molecule has 0 radical (unpaired) electrons. The summed E-state index contributed by atoms with van der Waals surface area (Å²) in [5, 5.41) is 25.2. The Hall–Kier alpha value is -1.84. The Labute approximate surface area is 69.2 Å². The quantitative estimate of drug-likeness (QED) is 0.191. The molecule has 0 aromatic heterocycles. The van der Waals surface area contributed by atoms with Crippen LogP contribution in [0.25, 0.3) is 0 Å². The van der Waals surface area contributed by atoms with Crippen molar-refractivity contribution in [1.29, 1.82) is 5.26 Å². The van der Waals surface area contributed by atoms with Crippen molar-refractivity contribution in [2.45, 2.75) is 6.42 Å². The van der Waals surface area contributed by atoms with Gasteiger partial charge in [0.25, 0.3) is 5.96 Å². The Balaban J connectivity index is 3.85. The maximum atomic E-state index is 9.87. The summed E-state index contributed by atoms with van der Waals surface area (Å²) in [6.45, 7) is 0.337. The van der Waals surface area contributed by atoms with Crippen molar-refractivity contribution >= 4 is 5.96 Å². The van der Waals surface area contributed by atoms with E-state index in [4.69, 9.17) is 5.26 Å². The number of hydrazone groups is 1. The molecule has 0 rings (SSSR count). The Morgan fingerprint density at radius 3 is 2.92 bits per heavy atom. The summed E-state index contributed by atoms with van der Waals surface area (Å²) >= 11 is 0. The third-order valence-corrected chi connectivity index (χ3v) is 0.948. The summed E-state index contributed by atoms with van der Waals surface area (Å²) in [7, 11) is 1.50. The van der Waals surface area contributed by atoms with Gasteiger partial charge in [0.1, 0.15) is 5.10 Å². The second kappa shape index (κ2) is 5.91. The van der Waals surface area contributed by atoms with Crippen LogP contribution in [-0.2, 0) is 0 Å². The van der Waals surface area contributed by atoms with Crippen molar-refractivity contribution in [2.24, 2.45) is 5.10 Å². The number of nitriles is 1. The fraction of sp³-hybridized carbons (Fsp3) is 0.600. The number of nitro groups is 1. The summed E-state index contributed by atoms with van der Waals surface area (Å²) in [5.74, 6) is 0.0512. The van der Waals surface area contributed by atoms with Crippen LogP contribution in [0.4, 0.5) is 0 Å². The number of nitrogens with one attached hydrogen (secondary N) is 2. The summed E-state index contributed by atoms with van der Waals surface area (Å²) in [6.07, 6.45) is 0.276. The molecule has 0 saturated carbocycles. The highest BCUT2D eigenvalue weighted by Crippen LogP contribution is 1.74. The zero-order valence-electron chi connectivity index (χ0n) is 6.57. The molecule has 0 aromatic carbocycles. The van der Waals surface area contributed by atoms with Crippen molar-refractivity contribution in [1.82, 2.24) is 10.6 Å². The fourth-order valence-electron chi connectivity index (χ4n) is 0.492. The molecule has 0 aromatic rings. The fourth-order valence-corrected chi connectivity index (χ4v) is 0.492. The maximum absolute atomic E-state index is 9.87. The van der Waals surface area contributed by atoms with Crippen LogP contribution in [0, 0.1) is 21.4 Å². The van der Waals surface area contributed by atoms with E-state index in [1.807, 2.05) is 6.07 Å². The molecule has 0 heterocycles. The largest absolute Gasteiger partial charge is 0.354 e. The highest BCUT2D eigenvalue weighted by molar-refractivity contribution is 5.78. The second-order valence-electron chi connectivity index (χ2n) is 1.77. The van der Waals surface area contributed by atoms with Gasteiger partial charge in [0.2, 0.25) is 0 Å². The van der Waals surface area contributed by atoms with Crippen LogP contribution in [0.3, 0.4) is 0 Å². The van der Waals surface area contributed by atoms with Gasteiger partial charge in [0.05, 0.1) is 12.5 Å². The van der Waals surface area contributed by atoms with E-state index in [2.05, 4.69) is 15.7 Å². The van der Waals surface area contributed by atoms with E-state index >= 15 is 0 Å². The minimum absolute atomic E-state index is 0.0512. The lowest BCUT2D eigenvalue weighted by Gasteiger charge is -2.01. The second-order valence-corrected chi connectivity index (χ2v) is 1.77. The topological polar surface area (TPSA) is 103 Å². The van der Waals surface area contributed by atoms with E-state index in [1.54, 1.807) is 0 Å². The van der Waals surface area contributed by atoms with Crippen LogP contribution in [0.2, 0.25) is 0 Å². The first-order chi connectivity index (χ1) is 5.70. The molecule has 0 saturated heterocycles. The van der Waals surface area contributed by atoms with Gasteiger partial charge in [-0.1, -0.05) is 0 Å². The van der Waals surface area contributed by atoms with Crippen LogP contribution < -0.4 is 10.6 Å². The first kappa shape index (κ1) is 10.2. The molecule has 0 atom stereocenters. The van der Waals surface area contributed by atoms with E-state index in [9.17, 15) is 10.1 Å². The number of guanidine groups is 1. The number of hydrogen-bond donors (Lipinski definition) is 2. The third-order valence-electron chi connectivity index (χ3n) is 0.948. The van der Waals surface area contributed by atoms with Gasteiger partial charge in [0.15, 0.2) is 5.03 Å². The lowest BCUT2D eigenvalue weighted by Crippen LogP contribution is -2.35. The molecule has 2 N–H and O–H groups in total. The normalized spacial score (nSPS) is 10.2. The first-order valence-electron chi connectivity index (χ1n) is 3.22. The maximum Gasteiger partial charge on any atom is 0.268 e. The van der Waals surface area contributed by atoms with Crippen molar-refractivity contribution in [2.75, 3.05) is 13.6 Å². The predicted molar refractivity (Wildman–Crippen MR) is 41.7 cm³/mol. The van der Waals surface area contributed by atoms with Crippen molar-refractivity contribution in [3.63, 3.8) is 0 Å². The molecular weight excluding hydrogens is 162 g/mol. The van der Waals surface area contributed by atoms with Crippen LogP contribution >= 0.6 is 0 Å². The monoisotopic (exact) mass is 171 g/mol. The van der Waals surface area contributed by atoms with Crippen molar-refractivity contribution < 1.29 is 5.03 Å². The van der Waals surface area contributed by atoms with Crippen LogP contribution in [0.15, 0.2) is 5.10 Å². The highest BCUT2D eigenvalue weighted by atomic mass is 16.7. The lowest BCUT2D eigenvalue weighted by atomic mass is 10.5. The van der Waals surface area contributed by atoms with Gasteiger partial charge in [-0.05, 0) is 0 Å². The predicted octanol–water partition coefficient (Wildman–Crippen LogP) is -0.743. The molecule has 7 nitrogen and oxygen atoms in total. The first-order valence-corrected chi connectivity index (χ1v) is 3.22. The molecule has 12 heavy (non-hydrogen) atoms. The SMILES string of the molecule is CNC(=N[N+](=O)[O-])NCCC#N. The number of hydrogen-bond acceptors (Lipinski definition) is 3.